The summed E-state index contributed by atoms with van der Waals surface area (Å²) in [5, 5.41) is 14.3. The molecule has 34 heavy (non-hydrogen) atoms. The molecule has 1 aromatic carbocycles. The minimum absolute atomic E-state index is 0.0572. The van der Waals surface area contributed by atoms with Crippen molar-refractivity contribution in [1.82, 2.24) is 15.6 Å². The molecule has 0 radical (unpaired) electrons. The number of carbonyl (C=O) groups excluding carboxylic acids is 2. The average Bonchev–Trinajstić information content (AvgIpc) is 3.55. The van der Waals surface area contributed by atoms with Gasteiger partial charge in [0, 0.05) is 17.3 Å². The van der Waals surface area contributed by atoms with Gasteiger partial charge in [0.1, 0.15) is 11.6 Å². The summed E-state index contributed by atoms with van der Waals surface area (Å²) in [6.07, 6.45) is -2.25. The zero-order chi connectivity index (χ0) is 25.1. The van der Waals surface area contributed by atoms with Gasteiger partial charge in [-0.15, -0.1) is 0 Å². The van der Waals surface area contributed by atoms with Crippen molar-refractivity contribution >= 4 is 11.7 Å². The number of alkyl halides is 3. The SMILES string of the molecule is CC(=O)c1cccc(-c2ccc([C@H](N[C@@H](CC(C)C)C(=O)NC3(C#N)CC3)C(F)(F)F)nc2)c1. The van der Waals surface area contributed by atoms with E-state index in [1.807, 2.05) is 19.9 Å². The number of pyridine rings is 1. The van der Waals surface area contributed by atoms with E-state index in [0.29, 0.717) is 29.5 Å². The normalized spacial score (nSPS) is 16.4. The lowest BCUT2D eigenvalue weighted by Crippen LogP contribution is -2.52. The van der Waals surface area contributed by atoms with Gasteiger partial charge in [0.15, 0.2) is 5.78 Å². The highest BCUT2D eigenvalue weighted by Gasteiger charge is 2.47. The molecular weight excluding hydrogens is 445 g/mol. The highest BCUT2D eigenvalue weighted by molar-refractivity contribution is 5.95. The van der Waals surface area contributed by atoms with Gasteiger partial charge in [-0.05, 0) is 49.8 Å². The molecule has 1 heterocycles. The van der Waals surface area contributed by atoms with E-state index in [9.17, 15) is 28.0 Å². The van der Waals surface area contributed by atoms with Gasteiger partial charge < -0.3 is 5.32 Å². The highest BCUT2D eigenvalue weighted by atomic mass is 19.4. The van der Waals surface area contributed by atoms with Crippen LogP contribution in [0.3, 0.4) is 0 Å². The summed E-state index contributed by atoms with van der Waals surface area (Å²) in [6, 6.07) is 8.24. The maximum atomic E-state index is 14.0. The summed E-state index contributed by atoms with van der Waals surface area (Å²) < 4.78 is 42.1. The third-order valence-corrected chi connectivity index (χ3v) is 5.73. The van der Waals surface area contributed by atoms with Crippen molar-refractivity contribution < 1.29 is 22.8 Å². The molecule has 180 valence electrons. The maximum absolute atomic E-state index is 14.0. The summed E-state index contributed by atoms with van der Waals surface area (Å²) in [7, 11) is 0. The van der Waals surface area contributed by atoms with E-state index >= 15 is 0 Å². The fourth-order valence-corrected chi connectivity index (χ4v) is 3.65. The van der Waals surface area contributed by atoms with E-state index in [1.165, 1.54) is 25.3 Å². The van der Waals surface area contributed by atoms with Gasteiger partial charge in [0.05, 0.1) is 17.8 Å². The van der Waals surface area contributed by atoms with Gasteiger partial charge >= 0.3 is 6.18 Å². The molecule has 2 N–H and O–H groups in total. The standard InChI is InChI=1S/C25H27F3N4O2/c1-15(2)11-21(23(34)32-24(14-29)9-10-24)31-22(25(26,27)28)20-8-7-19(13-30-20)18-6-4-5-17(12-18)16(3)33/h4-8,12-13,15,21-22,31H,9-11H2,1-3H3,(H,32,34)/t21-,22-/m0/s1. The van der Waals surface area contributed by atoms with E-state index in [2.05, 4.69) is 15.6 Å². The molecule has 0 bridgehead atoms. The van der Waals surface area contributed by atoms with E-state index in [-0.39, 0.29) is 23.8 Å². The van der Waals surface area contributed by atoms with Crippen LogP contribution in [0.15, 0.2) is 42.6 Å². The monoisotopic (exact) mass is 472 g/mol. The fraction of sp³-hybridized carbons (Fsp3) is 0.440. The Hall–Kier alpha value is -3.25. The lowest BCUT2D eigenvalue weighted by molar-refractivity contribution is -0.162. The number of hydrogen-bond acceptors (Lipinski definition) is 5. The van der Waals surface area contributed by atoms with E-state index in [0.717, 1.165) is 0 Å². The number of nitriles is 1. The number of halogens is 3. The van der Waals surface area contributed by atoms with Crippen LogP contribution >= 0.6 is 0 Å². The van der Waals surface area contributed by atoms with E-state index in [1.54, 1.807) is 24.3 Å². The second-order valence-electron chi connectivity index (χ2n) is 9.12. The van der Waals surface area contributed by atoms with Crippen LogP contribution in [0.1, 0.15) is 62.1 Å². The Labute approximate surface area is 196 Å². The van der Waals surface area contributed by atoms with E-state index in [4.69, 9.17) is 0 Å². The Bertz CT molecular complexity index is 1090. The molecule has 1 amide bonds. The first kappa shape index (κ1) is 25.4. The molecule has 0 spiro atoms. The van der Waals surface area contributed by atoms with Crippen LogP contribution in [0.5, 0.6) is 0 Å². The summed E-state index contributed by atoms with van der Waals surface area (Å²) in [4.78, 5) is 28.4. The molecule has 6 nitrogen and oxygen atoms in total. The topological polar surface area (TPSA) is 94.9 Å². The maximum Gasteiger partial charge on any atom is 0.409 e. The highest BCUT2D eigenvalue weighted by Crippen LogP contribution is 2.36. The number of Topliss-reactive ketones (excluding diaryl/α,β-unsaturated/α-hetero) is 1. The van der Waals surface area contributed by atoms with Crippen LogP contribution in [-0.2, 0) is 4.79 Å². The Kier molecular flexibility index (Phi) is 7.41. The lowest BCUT2D eigenvalue weighted by atomic mass is 10.00. The van der Waals surface area contributed by atoms with Crippen molar-refractivity contribution in [3.05, 3.63) is 53.9 Å². The number of nitrogens with one attached hydrogen (secondary N) is 2. The predicted octanol–water partition coefficient (Wildman–Crippen LogP) is 4.73. The first-order valence-electron chi connectivity index (χ1n) is 11.1. The Morgan fingerprint density at radius 1 is 1.18 bits per heavy atom. The van der Waals surface area contributed by atoms with Gasteiger partial charge in [-0.25, -0.2) is 0 Å². The number of aromatic nitrogens is 1. The summed E-state index contributed by atoms with van der Waals surface area (Å²) >= 11 is 0. The molecule has 0 aliphatic heterocycles. The summed E-state index contributed by atoms with van der Waals surface area (Å²) in [5.74, 6) is -0.801. The van der Waals surface area contributed by atoms with Gasteiger partial charge in [-0.2, -0.15) is 18.4 Å². The molecule has 1 aliphatic carbocycles. The Morgan fingerprint density at radius 2 is 1.88 bits per heavy atom. The van der Waals surface area contributed by atoms with Crippen LogP contribution in [0, 0.1) is 17.2 Å². The van der Waals surface area contributed by atoms with Crippen LogP contribution < -0.4 is 10.6 Å². The zero-order valence-corrected chi connectivity index (χ0v) is 19.2. The first-order chi connectivity index (χ1) is 15.9. The summed E-state index contributed by atoms with van der Waals surface area (Å²) in [5.41, 5.74) is 0.461. The van der Waals surface area contributed by atoms with Crippen LogP contribution in [0.2, 0.25) is 0 Å². The number of benzene rings is 1. The van der Waals surface area contributed by atoms with Crippen LogP contribution in [0.25, 0.3) is 11.1 Å². The zero-order valence-electron chi connectivity index (χ0n) is 19.2. The molecule has 0 unspecified atom stereocenters. The van der Waals surface area contributed by atoms with Gasteiger partial charge in [0.25, 0.3) is 0 Å². The number of nitrogens with zero attached hydrogens (tertiary/aromatic N) is 2. The van der Waals surface area contributed by atoms with Crippen molar-refractivity contribution in [3.63, 3.8) is 0 Å². The second kappa shape index (κ2) is 9.94. The minimum Gasteiger partial charge on any atom is -0.336 e. The lowest BCUT2D eigenvalue weighted by Gasteiger charge is -2.28. The molecule has 2 aromatic rings. The minimum atomic E-state index is -4.70. The smallest absolute Gasteiger partial charge is 0.336 e. The molecular formula is C25H27F3N4O2. The number of ketones is 1. The molecule has 0 saturated heterocycles. The van der Waals surface area contributed by atoms with Gasteiger partial charge in [0.2, 0.25) is 5.91 Å². The Balaban J connectivity index is 1.85. The van der Waals surface area contributed by atoms with Gasteiger partial charge in [-0.3, -0.25) is 19.9 Å². The van der Waals surface area contributed by atoms with Crippen molar-refractivity contribution in [2.45, 2.75) is 63.8 Å². The molecule has 9 heteroatoms. The number of rotatable bonds is 9. The molecule has 3 rings (SSSR count). The van der Waals surface area contributed by atoms with Crippen molar-refractivity contribution in [2.24, 2.45) is 5.92 Å². The van der Waals surface area contributed by atoms with Crippen molar-refractivity contribution in [1.29, 1.82) is 5.26 Å². The van der Waals surface area contributed by atoms with Gasteiger partial charge in [-0.1, -0.05) is 38.1 Å². The third-order valence-electron chi connectivity index (χ3n) is 5.73. The molecule has 1 saturated carbocycles. The molecule has 1 aromatic heterocycles. The number of amides is 1. The number of hydrogen-bond donors (Lipinski definition) is 2. The van der Waals surface area contributed by atoms with Crippen LogP contribution in [0.4, 0.5) is 13.2 Å². The average molecular weight is 473 g/mol. The number of carbonyl (C=O) groups is 2. The van der Waals surface area contributed by atoms with Crippen LogP contribution in [-0.4, -0.2) is 34.4 Å². The fourth-order valence-electron chi connectivity index (χ4n) is 3.65. The molecule has 2 atom stereocenters. The first-order valence-corrected chi connectivity index (χ1v) is 11.1. The third kappa shape index (κ3) is 6.20. The quantitative estimate of drug-likeness (QED) is 0.515. The van der Waals surface area contributed by atoms with Crippen molar-refractivity contribution in [3.8, 4) is 17.2 Å². The van der Waals surface area contributed by atoms with Crippen molar-refractivity contribution in [2.75, 3.05) is 0 Å². The molecule has 1 fully saturated rings. The summed E-state index contributed by atoms with van der Waals surface area (Å²) in [6.45, 7) is 5.05. The molecule has 1 aliphatic rings. The second-order valence-corrected chi connectivity index (χ2v) is 9.12. The predicted molar refractivity (Wildman–Crippen MR) is 121 cm³/mol. The largest absolute Gasteiger partial charge is 0.409 e. The van der Waals surface area contributed by atoms with E-state index < -0.39 is 29.7 Å². The Morgan fingerprint density at radius 3 is 2.38 bits per heavy atom.